The van der Waals surface area contributed by atoms with Crippen LogP contribution in [-0.2, 0) is 14.4 Å². The van der Waals surface area contributed by atoms with Crippen molar-refractivity contribution in [2.24, 2.45) is 11.8 Å². The van der Waals surface area contributed by atoms with E-state index in [1.165, 1.54) is 19.8 Å². The summed E-state index contributed by atoms with van der Waals surface area (Å²) < 4.78 is 0. The highest BCUT2D eigenvalue weighted by molar-refractivity contribution is 5.82. The molecule has 3 atom stereocenters. The van der Waals surface area contributed by atoms with Gasteiger partial charge >= 0.3 is 5.97 Å². The van der Waals surface area contributed by atoms with Crippen LogP contribution in [0.25, 0.3) is 0 Å². The maximum absolute atomic E-state index is 11.7. The number of carboxylic acid groups (broad SMARTS) is 1. The molecule has 0 fully saturated rings. The summed E-state index contributed by atoms with van der Waals surface area (Å²) in [6.45, 7) is 3.56. The third kappa shape index (κ3) is 12.3. The van der Waals surface area contributed by atoms with Gasteiger partial charge in [0, 0.05) is 18.3 Å². The summed E-state index contributed by atoms with van der Waals surface area (Å²) in [6, 6.07) is 0. The molecule has 0 bridgehead atoms. The summed E-state index contributed by atoms with van der Waals surface area (Å²) in [5, 5.41) is 18.6. The van der Waals surface area contributed by atoms with Crippen molar-refractivity contribution in [1.82, 2.24) is 0 Å². The average Bonchev–Trinajstić information content (AvgIpc) is 2.56. The molecular formula is C20H32O5. The lowest BCUT2D eigenvalue weighted by Crippen LogP contribution is -2.22. The number of hydrogen-bond donors (Lipinski definition) is 2. The van der Waals surface area contributed by atoms with Crippen molar-refractivity contribution in [2.75, 3.05) is 0 Å². The predicted molar refractivity (Wildman–Crippen MR) is 98.3 cm³/mol. The smallest absolute Gasteiger partial charge is 0.303 e. The van der Waals surface area contributed by atoms with Gasteiger partial charge in [-0.15, -0.1) is 0 Å². The highest BCUT2D eigenvalue weighted by atomic mass is 16.4. The van der Waals surface area contributed by atoms with Crippen LogP contribution in [0.15, 0.2) is 24.3 Å². The fourth-order valence-corrected chi connectivity index (χ4v) is 2.62. The second-order valence-electron chi connectivity index (χ2n) is 6.37. The van der Waals surface area contributed by atoms with Gasteiger partial charge in [-0.2, -0.15) is 0 Å². The molecule has 25 heavy (non-hydrogen) atoms. The van der Waals surface area contributed by atoms with Gasteiger partial charge in [-0.3, -0.25) is 9.59 Å². The lowest BCUT2D eigenvalue weighted by molar-refractivity contribution is -0.137. The van der Waals surface area contributed by atoms with Crippen molar-refractivity contribution in [3.8, 4) is 0 Å². The second kappa shape index (κ2) is 14.6. The molecule has 0 aromatic carbocycles. The standard InChI is InChI=1S/C20H32O5/c1-3-4-5-6-7-8-10-18(23)14-13-17(15-21)19(16(2)22)11-9-12-20(24)25/h7-8,13-15,17-19,23H,3-6,9-12H2,1-2H3,(H,24,25)/b8-7-,14-13+/t17-,18+,19+/m0/s1. The van der Waals surface area contributed by atoms with E-state index < -0.39 is 23.9 Å². The SMILES string of the molecule is CCCCC/C=C\C[C@@H](O)/C=C/[C@@H](C=O)[C@H](CCCC(=O)O)C(C)=O. The minimum absolute atomic E-state index is 0.0233. The molecule has 0 aromatic rings. The Morgan fingerprint density at radius 1 is 1.08 bits per heavy atom. The van der Waals surface area contributed by atoms with Gasteiger partial charge in [-0.25, -0.2) is 0 Å². The monoisotopic (exact) mass is 352 g/mol. The molecule has 0 heterocycles. The van der Waals surface area contributed by atoms with Crippen LogP contribution in [-0.4, -0.2) is 34.4 Å². The third-order valence-electron chi connectivity index (χ3n) is 4.12. The first-order valence-electron chi connectivity index (χ1n) is 9.11. The zero-order chi connectivity index (χ0) is 19.1. The number of rotatable bonds is 15. The summed E-state index contributed by atoms with van der Waals surface area (Å²) in [5.74, 6) is -2.22. The van der Waals surface area contributed by atoms with Crippen LogP contribution in [0, 0.1) is 11.8 Å². The van der Waals surface area contributed by atoms with Crippen LogP contribution in [0.2, 0.25) is 0 Å². The van der Waals surface area contributed by atoms with Crippen LogP contribution in [0.3, 0.4) is 0 Å². The number of unbranched alkanes of at least 4 members (excludes halogenated alkanes) is 3. The fraction of sp³-hybridized carbons (Fsp3) is 0.650. The first-order valence-corrected chi connectivity index (χ1v) is 9.11. The summed E-state index contributed by atoms with van der Waals surface area (Å²) >= 11 is 0. The average molecular weight is 352 g/mol. The largest absolute Gasteiger partial charge is 0.481 e. The van der Waals surface area contributed by atoms with E-state index in [4.69, 9.17) is 5.11 Å². The van der Waals surface area contributed by atoms with E-state index in [1.54, 1.807) is 12.2 Å². The molecule has 0 amide bonds. The molecule has 142 valence electrons. The Bertz CT molecular complexity index is 453. The van der Waals surface area contributed by atoms with E-state index in [0.29, 0.717) is 25.5 Å². The summed E-state index contributed by atoms with van der Waals surface area (Å²) in [5.41, 5.74) is 0. The van der Waals surface area contributed by atoms with Crippen molar-refractivity contribution in [2.45, 2.75) is 71.3 Å². The Hall–Kier alpha value is -1.75. The molecule has 2 N–H and O–H groups in total. The second-order valence-corrected chi connectivity index (χ2v) is 6.37. The number of carbonyl (C=O) groups is 3. The van der Waals surface area contributed by atoms with Crippen molar-refractivity contribution < 1.29 is 24.6 Å². The van der Waals surface area contributed by atoms with E-state index in [0.717, 1.165) is 12.8 Å². The van der Waals surface area contributed by atoms with Gasteiger partial charge in [0.1, 0.15) is 12.1 Å². The van der Waals surface area contributed by atoms with Gasteiger partial charge in [0.05, 0.1) is 6.10 Å². The Morgan fingerprint density at radius 2 is 1.80 bits per heavy atom. The molecule has 0 aliphatic rings. The summed E-state index contributed by atoms with van der Waals surface area (Å²) in [6.07, 6.45) is 12.7. The fourth-order valence-electron chi connectivity index (χ4n) is 2.62. The molecule has 0 saturated heterocycles. The molecule has 0 unspecified atom stereocenters. The third-order valence-corrected chi connectivity index (χ3v) is 4.12. The minimum atomic E-state index is -0.915. The van der Waals surface area contributed by atoms with Crippen molar-refractivity contribution in [3.05, 3.63) is 24.3 Å². The molecule has 0 rings (SSSR count). The van der Waals surface area contributed by atoms with Gasteiger partial charge < -0.3 is 15.0 Å². The Kier molecular flexibility index (Phi) is 13.6. The number of aliphatic hydroxyl groups excluding tert-OH is 1. The Morgan fingerprint density at radius 3 is 2.36 bits per heavy atom. The normalized spacial score (nSPS) is 15.3. The van der Waals surface area contributed by atoms with Gasteiger partial charge in [-0.05, 0) is 39.0 Å². The number of hydrogen-bond acceptors (Lipinski definition) is 4. The lowest BCUT2D eigenvalue weighted by Gasteiger charge is -2.17. The van der Waals surface area contributed by atoms with Gasteiger partial charge in [0.2, 0.25) is 0 Å². The van der Waals surface area contributed by atoms with Crippen molar-refractivity contribution in [1.29, 1.82) is 0 Å². The number of carboxylic acids is 1. The highest BCUT2D eigenvalue weighted by Gasteiger charge is 2.23. The van der Waals surface area contributed by atoms with Gasteiger partial charge in [0.15, 0.2) is 0 Å². The topological polar surface area (TPSA) is 91.7 Å². The van der Waals surface area contributed by atoms with Crippen molar-refractivity contribution >= 4 is 18.0 Å². The molecule has 5 nitrogen and oxygen atoms in total. The highest BCUT2D eigenvalue weighted by Crippen LogP contribution is 2.20. The van der Waals surface area contributed by atoms with Gasteiger partial charge in [-0.1, -0.05) is 44.1 Å². The molecule has 0 saturated carbocycles. The number of Topliss-reactive ketones (excluding diaryl/α,β-unsaturated/α-hetero) is 1. The maximum atomic E-state index is 11.7. The molecule has 0 aliphatic carbocycles. The minimum Gasteiger partial charge on any atom is -0.481 e. The van der Waals surface area contributed by atoms with E-state index in [1.807, 2.05) is 12.2 Å². The lowest BCUT2D eigenvalue weighted by atomic mass is 9.85. The molecule has 0 aromatic heterocycles. The zero-order valence-electron chi connectivity index (χ0n) is 15.4. The van der Waals surface area contributed by atoms with E-state index in [9.17, 15) is 19.5 Å². The van der Waals surface area contributed by atoms with E-state index in [-0.39, 0.29) is 12.2 Å². The van der Waals surface area contributed by atoms with Crippen LogP contribution in [0.5, 0.6) is 0 Å². The zero-order valence-corrected chi connectivity index (χ0v) is 15.4. The summed E-state index contributed by atoms with van der Waals surface area (Å²) in [4.78, 5) is 33.6. The number of aliphatic hydroxyl groups is 1. The number of aldehydes is 1. The first kappa shape index (κ1) is 23.2. The quantitative estimate of drug-likeness (QED) is 0.266. The van der Waals surface area contributed by atoms with E-state index >= 15 is 0 Å². The molecule has 0 aliphatic heterocycles. The summed E-state index contributed by atoms with van der Waals surface area (Å²) in [7, 11) is 0. The molecule has 0 spiro atoms. The van der Waals surface area contributed by atoms with Crippen LogP contribution in [0.1, 0.15) is 65.2 Å². The molecule has 5 heteroatoms. The predicted octanol–water partition coefficient (Wildman–Crippen LogP) is 3.71. The van der Waals surface area contributed by atoms with Crippen LogP contribution >= 0.6 is 0 Å². The van der Waals surface area contributed by atoms with Crippen LogP contribution in [0.4, 0.5) is 0 Å². The number of carbonyl (C=O) groups excluding carboxylic acids is 2. The van der Waals surface area contributed by atoms with Gasteiger partial charge in [0.25, 0.3) is 0 Å². The first-order chi connectivity index (χ1) is 11.9. The Balaban J connectivity index is 4.48. The maximum Gasteiger partial charge on any atom is 0.303 e. The van der Waals surface area contributed by atoms with Crippen molar-refractivity contribution in [3.63, 3.8) is 0 Å². The number of ketones is 1. The van der Waals surface area contributed by atoms with Crippen LogP contribution < -0.4 is 0 Å². The number of allylic oxidation sites excluding steroid dienone is 2. The Labute approximate surface area is 150 Å². The molecular weight excluding hydrogens is 320 g/mol. The number of aliphatic carboxylic acids is 1. The molecule has 0 radical (unpaired) electrons. The van der Waals surface area contributed by atoms with E-state index in [2.05, 4.69) is 6.92 Å².